The molecule has 0 aliphatic carbocycles. The lowest BCUT2D eigenvalue weighted by Crippen LogP contribution is -2.28. The van der Waals surface area contributed by atoms with E-state index in [-0.39, 0.29) is 17.8 Å². The van der Waals surface area contributed by atoms with Crippen molar-refractivity contribution < 1.29 is 22.4 Å². The molecule has 0 heterocycles. The molecule has 2 amide bonds. The molecule has 2 aromatic rings. The largest absolute Gasteiger partial charge is 0.416 e. The lowest BCUT2D eigenvalue weighted by atomic mass is 10.2. The van der Waals surface area contributed by atoms with Gasteiger partial charge in [-0.3, -0.25) is 0 Å². The summed E-state index contributed by atoms with van der Waals surface area (Å²) in [6.45, 7) is -0.0720. The highest BCUT2D eigenvalue weighted by Gasteiger charge is 2.30. The monoisotopic (exact) mass is 312 g/mol. The van der Waals surface area contributed by atoms with Gasteiger partial charge in [-0.25, -0.2) is 9.18 Å². The van der Waals surface area contributed by atoms with E-state index >= 15 is 0 Å². The van der Waals surface area contributed by atoms with Crippen LogP contribution in [0.5, 0.6) is 0 Å². The average Bonchev–Trinajstić information content (AvgIpc) is 2.46. The van der Waals surface area contributed by atoms with Crippen LogP contribution in [0.1, 0.15) is 11.1 Å². The molecule has 0 bridgehead atoms. The van der Waals surface area contributed by atoms with Gasteiger partial charge in [-0.05, 0) is 24.3 Å². The lowest BCUT2D eigenvalue weighted by Gasteiger charge is -2.11. The molecule has 0 saturated carbocycles. The standard InChI is InChI=1S/C15H12F4N2O/c16-13-7-2-1-4-10(13)9-20-14(22)21-12-6-3-5-11(8-12)15(17,18)19/h1-8H,9H2,(H2,20,21,22). The number of benzene rings is 2. The summed E-state index contributed by atoms with van der Waals surface area (Å²) in [7, 11) is 0. The topological polar surface area (TPSA) is 41.1 Å². The van der Waals surface area contributed by atoms with Crippen LogP contribution >= 0.6 is 0 Å². The fourth-order valence-electron chi connectivity index (χ4n) is 1.77. The summed E-state index contributed by atoms with van der Waals surface area (Å²) in [4.78, 5) is 11.6. The fourth-order valence-corrected chi connectivity index (χ4v) is 1.77. The number of halogens is 4. The Morgan fingerprint density at radius 2 is 1.77 bits per heavy atom. The van der Waals surface area contributed by atoms with E-state index in [0.717, 1.165) is 12.1 Å². The fraction of sp³-hybridized carbons (Fsp3) is 0.133. The van der Waals surface area contributed by atoms with Crippen molar-refractivity contribution in [1.82, 2.24) is 5.32 Å². The van der Waals surface area contributed by atoms with Crippen molar-refractivity contribution in [3.8, 4) is 0 Å². The van der Waals surface area contributed by atoms with Crippen LogP contribution in [0.3, 0.4) is 0 Å². The zero-order valence-electron chi connectivity index (χ0n) is 11.2. The number of hydrogen-bond acceptors (Lipinski definition) is 1. The predicted octanol–water partition coefficient (Wildman–Crippen LogP) is 4.17. The molecule has 0 fully saturated rings. The van der Waals surface area contributed by atoms with E-state index in [1.54, 1.807) is 6.07 Å². The first-order valence-corrected chi connectivity index (χ1v) is 6.32. The molecule has 0 unspecified atom stereocenters. The molecule has 116 valence electrons. The minimum Gasteiger partial charge on any atom is -0.334 e. The maximum absolute atomic E-state index is 13.4. The van der Waals surface area contributed by atoms with Crippen molar-refractivity contribution in [3.63, 3.8) is 0 Å². The number of nitrogens with one attached hydrogen (secondary N) is 2. The lowest BCUT2D eigenvalue weighted by molar-refractivity contribution is -0.137. The molecule has 3 nitrogen and oxygen atoms in total. The third-order valence-electron chi connectivity index (χ3n) is 2.85. The summed E-state index contributed by atoms with van der Waals surface area (Å²) in [5.41, 5.74) is -0.582. The van der Waals surface area contributed by atoms with E-state index < -0.39 is 23.6 Å². The predicted molar refractivity (Wildman–Crippen MR) is 73.7 cm³/mol. The smallest absolute Gasteiger partial charge is 0.334 e. The van der Waals surface area contributed by atoms with Crippen molar-refractivity contribution in [1.29, 1.82) is 0 Å². The van der Waals surface area contributed by atoms with E-state index in [0.29, 0.717) is 0 Å². The number of carbonyl (C=O) groups excluding carboxylic acids is 1. The first-order chi connectivity index (χ1) is 10.4. The molecular formula is C15H12F4N2O. The van der Waals surface area contributed by atoms with Crippen LogP contribution in [-0.2, 0) is 12.7 Å². The third-order valence-corrected chi connectivity index (χ3v) is 2.85. The van der Waals surface area contributed by atoms with Gasteiger partial charge < -0.3 is 10.6 Å². The Morgan fingerprint density at radius 3 is 2.45 bits per heavy atom. The molecule has 7 heteroatoms. The van der Waals surface area contributed by atoms with Gasteiger partial charge in [0.15, 0.2) is 0 Å². The second kappa shape index (κ2) is 6.46. The van der Waals surface area contributed by atoms with Crippen molar-refractivity contribution in [2.75, 3.05) is 5.32 Å². The van der Waals surface area contributed by atoms with Crippen molar-refractivity contribution >= 4 is 11.7 Å². The highest BCUT2D eigenvalue weighted by molar-refractivity contribution is 5.89. The molecule has 0 spiro atoms. The Balaban J connectivity index is 1.97. The number of rotatable bonds is 3. The van der Waals surface area contributed by atoms with Crippen LogP contribution in [0.15, 0.2) is 48.5 Å². The summed E-state index contributed by atoms with van der Waals surface area (Å²) >= 11 is 0. The van der Waals surface area contributed by atoms with Gasteiger partial charge in [-0.2, -0.15) is 13.2 Å². The van der Waals surface area contributed by atoms with Crippen LogP contribution < -0.4 is 10.6 Å². The van der Waals surface area contributed by atoms with Crippen LogP contribution in [0.25, 0.3) is 0 Å². The van der Waals surface area contributed by atoms with Gasteiger partial charge in [-0.1, -0.05) is 24.3 Å². The molecule has 0 aliphatic rings. The minimum absolute atomic E-state index is 0.000795. The minimum atomic E-state index is -4.48. The number of carbonyl (C=O) groups is 1. The quantitative estimate of drug-likeness (QED) is 0.821. The van der Waals surface area contributed by atoms with E-state index in [1.807, 2.05) is 0 Å². The van der Waals surface area contributed by atoms with Gasteiger partial charge in [-0.15, -0.1) is 0 Å². The molecule has 22 heavy (non-hydrogen) atoms. The van der Waals surface area contributed by atoms with Crippen LogP contribution in [-0.4, -0.2) is 6.03 Å². The van der Waals surface area contributed by atoms with Crippen LogP contribution in [0.4, 0.5) is 28.0 Å². The molecule has 2 N–H and O–H groups in total. The van der Waals surface area contributed by atoms with E-state index in [1.165, 1.54) is 30.3 Å². The zero-order chi connectivity index (χ0) is 16.2. The number of anilines is 1. The summed E-state index contributed by atoms with van der Waals surface area (Å²) in [6.07, 6.45) is -4.48. The SMILES string of the molecule is O=C(NCc1ccccc1F)Nc1cccc(C(F)(F)F)c1. The first-order valence-electron chi connectivity index (χ1n) is 6.32. The first kappa shape index (κ1) is 15.8. The van der Waals surface area contributed by atoms with E-state index in [2.05, 4.69) is 10.6 Å². The Kier molecular flexibility index (Phi) is 4.65. The molecule has 0 radical (unpaired) electrons. The summed E-state index contributed by atoms with van der Waals surface area (Å²) in [5.74, 6) is -0.470. The van der Waals surface area contributed by atoms with Gasteiger partial charge in [0.2, 0.25) is 0 Å². The Morgan fingerprint density at radius 1 is 1.05 bits per heavy atom. The second-order valence-electron chi connectivity index (χ2n) is 4.48. The van der Waals surface area contributed by atoms with Crippen molar-refractivity contribution in [3.05, 3.63) is 65.5 Å². The van der Waals surface area contributed by atoms with E-state index in [4.69, 9.17) is 0 Å². The number of alkyl halides is 3. The summed E-state index contributed by atoms with van der Waals surface area (Å²) < 4.78 is 51.0. The highest BCUT2D eigenvalue weighted by atomic mass is 19.4. The van der Waals surface area contributed by atoms with Crippen molar-refractivity contribution in [2.45, 2.75) is 12.7 Å². The van der Waals surface area contributed by atoms with Gasteiger partial charge in [0.05, 0.1) is 5.56 Å². The molecular weight excluding hydrogens is 300 g/mol. The average molecular weight is 312 g/mol. The third kappa shape index (κ3) is 4.21. The Hall–Kier alpha value is -2.57. The summed E-state index contributed by atoms with van der Waals surface area (Å²) in [6, 6.07) is 9.41. The number of hydrogen-bond donors (Lipinski definition) is 2. The van der Waals surface area contributed by atoms with Crippen molar-refractivity contribution in [2.24, 2.45) is 0 Å². The van der Waals surface area contributed by atoms with Crippen LogP contribution in [0.2, 0.25) is 0 Å². The van der Waals surface area contributed by atoms with E-state index in [9.17, 15) is 22.4 Å². The molecule has 0 aromatic heterocycles. The Labute approximate surface area is 124 Å². The van der Waals surface area contributed by atoms with Gasteiger partial charge in [0.1, 0.15) is 5.82 Å². The molecule has 0 atom stereocenters. The summed E-state index contributed by atoms with van der Waals surface area (Å²) in [5, 5.41) is 4.65. The second-order valence-corrected chi connectivity index (χ2v) is 4.48. The molecule has 0 aliphatic heterocycles. The molecule has 0 saturated heterocycles. The highest BCUT2D eigenvalue weighted by Crippen LogP contribution is 2.30. The maximum atomic E-state index is 13.4. The van der Waals surface area contributed by atoms with Gasteiger partial charge in [0, 0.05) is 17.8 Å². The zero-order valence-corrected chi connectivity index (χ0v) is 11.2. The van der Waals surface area contributed by atoms with Gasteiger partial charge in [0.25, 0.3) is 0 Å². The molecule has 2 aromatic carbocycles. The Bertz CT molecular complexity index is 671. The van der Waals surface area contributed by atoms with Crippen LogP contribution in [0, 0.1) is 5.82 Å². The number of urea groups is 1. The maximum Gasteiger partial charge on any atom is 0.416 e. The normalized spacial score (nSPS) is 11.1. The number of amides is 2. The molecule has 2 rings (SSSR count). The van der Waals surface area contributed by atoms with Gasteiger partial charge >= 0.3 is 12.2 Å².